The monoisotopic (exact) mass is 217 g/mol. The molecule has 0 spiro atoms. The van der Waals surface area contributed by atoms with E-state index in [2.05, 4.69) is 6.92 Å². The second kappa shape index (κ2) is 8.68. The molecule has 0 aromatic carbocycles. The molecule has 0 fully saturated rings. The molecule has 0 saturated heterocycles. The topological polar surface area (TPSA) is 61.5 Å². The number of nitrogens with two attached hydrogens (primary N) is 1. The van der Waals surface area contributed by atoms with Crippen LogP contribution in [0, 0.1) is 0 Å². The van der Waals surface area contributed by atoms with Crippen molar-refractivity contribution < 1.29 is 14.3 Å². The van der Waals surface area contributed by atoms with Gasteiger partial charge in [0.05, 0.1) is 12.7 Å². The van der Waals surface area contributed by atoms with Crippen molar-refractivity contribution in [1.82, 2.24) is 0 Å². The molecule has 4 heteroatoms. The highest BCUT2D eigenvalue weighted by Gasteiger charge is 2.14. The Morgan fingerprint density at radius 3 is 2.53 bits per heavy atom. The minimum atomic E-state index is -0.557. The van der Waals surface area contributed by atoms with E-state index in [1.807, 2.05) is 6.92 Å². The summed E-state index contributed by atoms with van der Waals surface area (Å²) in [7, 11) is 0. The zero-order valence-corrected chi connectivity index (χ0v) is 9.99. The Morgan fingerprint density at radius 1 is 1.33 bits per heavy atom. The fraction of sp³-hybridized carbons (Fsp3) is 0.909. The van der Waals surface area contributed by atoms with Gasteiger partial charge in [-0.1, -0.05) is 13.3 Å². The van der Waals surface area contributed by atoms with E-state index < -0.39 is 6.04 Å². The van der Waals surface area contributed by atoms with Gasteiger partial charge in [0.2, 0.25) is 0 Å². The van der Waals surface area contributed by atoms with Crippen molar-refractivity contribution in [3.8, 4) is 0 Å². The predicted molar refractivity (Wildman–Crippen MR) is 59.5 cm³/mol. The first-order valence-corrected chi connectivity index (χ1v) is 5.65. The van der Waals surface area contributed by atoms with Crippen molar-refractivity contribution in [2.45, 2.75) is 52.2 Å². The zero-order chi connectivity index (χ0) is 11.7. The molecule has 0 aliphatic carbocycles. The molecule has 0 aliphatic rings. The smallest absolute Gasteiger partial charge is 0.322 e. The van der Waals surface area contributed by atoms with Gasteiger partial charge in [-0.05, 0) is 26.7 Å². The molecule has 2 unspecified atom stereocenters. The highest BCUT2D eigenvalue weighted by atomic mass is 16.5. The molecule has 0 aromatic heterocycles. The number of hydrogen-bond acceptors (Lipinski definition) is 4. The van der Waals surface area contributed by atoms with Crippen LogP contribution in [0.1, 0.15) is 40.0 Å². The van der Waals surface area contributed by atoms with Gasteiger partial charge in [0.15, 0.2) is 0 Å². The van der Waals surface area contributed by atoms with Crippen LogP contribution in [0.25, 0.3) is 0 Å². The molecule has 0 radical (unpaired) electrons. The Labute approximate surface area is 92.1 Å². The molecule has 0 amide bonds. The van der Waals surface area contributed by atoms with Crippen LogP contribution in [-0.4, -0.2) is 31.3 Å². The van der Waals surface area contributed by atoms with Gasteiger partial charge in [-0.3, -0.25) is 4.79 Å². The van der Waals surface area contributed by atoms with Gasteiger partial charge in [-0.25, -0.2) is 0 Å². The number of rotatable bonds is 8. The van der Waals surface area contributed by atoms with Crippen molar-refractivity contribution in [2.24, 2.45) is 5.73 Å². The number of ether oxygens (including phenoxy) is 2. The van der Waals surface area contributed by atoms with Crippen molar-refractivity contribution >= 4 is 5.97 Å². The first-order chi connectivity index (χ1) is 7.11. The van der Waals surface area contributed by atoms with Gasteiger partial charge >= 0.3 is 5.97 Å². The largest absolute Gasteiger partial charge is 0.465 e. The molecule has 0 aliphatic heterocycles. The summed E-state index contributed by atoms with van der Waals surface area (Å²) in [5, 5.41) is 0. The molecule has 4 nitrogen and oxygen atoms in total. The van der Waals surface area contributed by atoms with Gasteiger partial charge in [0.1, 0.15) is 6.04 Å². The van der Waals surface area contributed by atoms with E-state index in [1.165, 1.54) is 0 Å². The molecule has 0 heterocycles. The summed E-state index contributed by atoms with van der Waals surface area (Å²) in [4.78, 5) is 11.1. The van der Waals surface area contributed by atoms with Crippen LogP contribution in [0.4, 0.5) is 0 Å². The molecule has 2 N–H and O–H groups in total. The Bertz CT molecular complexity index is 173. The van der Waals surface area contributed by atoms with Gasteiger partial charge < -0.3 is 15.2 Å². The van der Waals surface area contributed by atoms with Crippen molar-refractivity contribution in [3.63, 3.8) is 0 Å². The normalized spacial score (nSPS) is 14.7. The molecule has 0 rings (SSSR count). The van der Waals surface area contributed by atoms with E-state index >= 15 is 0 Å². The lowest BCUT2D eigenvalue weighted by Gasteiger charge is -2.14. The maximum Gasteiger partial charge on any atom is 0.322 e. The van der Waals surface area contributed by atoms with E-state index in [0.717, 1.165) is 12.8 Å². The summed E-state index contributed by atoms with van der Waals surface area (Å²) in [5.74, 6) is -0.343. The molecular formula is C11H23NO3. The number of carbonyl (C=O) groups is 1. The molecule has 0 bridgehead atoms. The highest BCUT2D eigenvalue weighted by Crippen LogP contribution is 2.02. The maximum atomic E-state index is 11.1. The van der Waals surface area contributed by atoms with Crippen molar-refractivity contribution in [2.75, 3.05) is 13.2 Å². The standard InChI is InChI=1S/C11H23NO3/c1-4-6-9(3)15-8-7-10(12)11(13)14-5-2/h9-10H,4-8,12H2,1-3H3. The summed E-state index contributed by atoms with van der Waals surface area (Å²) in [6, 6.07) is -0.557. The molecular weight excluding hydrogens is 194 g/mol. The van der Waals surface area contributed by atoms with Gasteiger partial charge in [-0.15, -0.1) is 0 Å². The molecule has 0 aromatic rings. The lowest BCUT2D eigenvalue weighted by atomic mass is 10.2. The molecule has 15 heavy (non-hydrogen) atoms. The number of hydrogen-bond donors (Lipinski definition) is 1. The maximum absolute atomic E-state index is 11.1. The minimum absolute atomic E-state index is 0.240. The van der Waals surface area contributed by atoms with Crippen LogP contribution in [0.3, 0.4) is 0 Å². The fourth-order valence-corrected chi connectivity index (χ4v) is 1.25. The average Bonchev–Trinajstić information content (AvgIpc) is 2.18. The summed E-state index contributed by atoms with van der Waals surface area (Å²) in [6.07, 6.45) is 2.90. The lowest BCUT2D eigenvalue weighted by molar-refractivity contribution is -0.145. The first kappa shape index (κ1) is 14.4. The molecule has 2 atom stereocenters. The zero-order valence-electron chi connectivity index (χ0n) is 9.99. The summed E-state index contributed by atoms with van der Waals surface area (Å²) in [5.41, 5.74) is 5.61. The van der Waals surface area contributed by atoms with E-state index in [1.54, 1.807) is 6.92 Å². The third-order valence-corrected chi connectivity index (χ3v) is 2.12. The summed E-state index contributed by atoms with van der Waals surface area (Å²) < 4.78 is 10.3. The lowest BCUT2D eigenvalue weighted by Crippen LogP contribution is -2.33. The number of esters is 1. The van der Waals surface area contributed by atoms with E-state index in [0.29, 0.717) is 19.6 Å². The Morgan fingerprint density at radius 2 is 2.00 bits per heavy atom. The van der Waals surface area contributed by atoms with Gasteiger partial charge in [0.25, 0.3) is 0 Å². The summed E-state index contributed by atoms with van der Waals surface area (Å²) in [6.45, 7) is 6.80. The predicted octanol–water partition coefficient (Wildman–Crippen LogP) is 1.47. The average molecular weight is 217 g/mol. The first-order valence-electron chi connectivity index (χ1n) is 5.65. The van der Waals surface area contributed by atoms with Gasteiger partial charge in [0, 0.05) is 6.61 Å². The quantitative estimate of drug-likeness (QED) is 0.625. The van der Waals surface area contributed by atoms with Crippen LogP contribution in [0.15, 0.2) is 0 Å². The fourth-order valence-electron chi connectivity index (χ4n) is 1.25. The van der Waals surface area contributed by atoms with Crippen LogP contribution in [0.5, 0.6) is 0 Å². The highest BCUT2D eigenvalue weighted by molar-refractivity contribution is 5.75. The van der Waals surface area contributed by atoms with E-state index in [-0.39, 0.29) is 12.1 Å². The third-order valence-electron chi connectivity index (χ3n) is 2.12. The molecule has 0 saturated carbocycles. The minimum Gasteiger partial charge on any atom is -0.465 e. The van der Waals surface area contributed by atoms with E-state index in [4.69, 9.17) is 15.2 Å². The van der Waals surface area contributed by atoms with E-state index in [9.17, 15) is 4.79 Å². The van der Waals surface area contributed by atoms with Crippen LogP contribution >= 0.6 is 0 Å². The molecule has 90 valence electrons. The second-order valence-electron chi connectivity index (χ2n) is 3.62. The van der Waals surface area contributed by atoms with Crippen LogP contribution in [0.2, 0.25) is 0 Å². The van der Waals surface area contributed by atoms with Crippen LogP contribution in [-0.2, 0) is 14.3 Å². The second-order valence-corrected chi connectivity index (χ2v) is 3.62. The SMILES string of the molecule is CCCC(C)OCCC(N)C(=O)OCC. The summed E-state index contributed by atoms with van der Waals surface area (Å²) >= 11 is 0. The Kier molecular flexibility index (Phi) is 8.33. The van der Waals surface area contributed by atoms with Crippen molar-refractivity contribution in [3.05, 3.63) is 0 Å². The third kappa shape index (κ3) is 7.33. The Balaban J connectivity index is 3.53. The van der Waals surface area contributed by atoms with Crippen molar-refractivity contribution in [1.29, 1.82) is 0 Å². The Hall–Kier alpha value is -0.610. The van der Waals surface area contributed by atoms with Gasteiger partial charge in [-0.2, -0.15) is 0 Å². The number of carbonyl (C=O) groups excluding carboxylic acids is 1. The van der Waals surface area contributed by atoms with Crippen LogP contribution < -0.4 is 5.73 Å².